The van der Waals surface area contributed by atoms with Crippen LogP contribution in [-0.4, -0.2) is 15.1 Å². The van der Waals surface area contributed by atoms with Crippen molar-refractivity contribution in [2.75, 3.05) is 0 Å². The zero-order valence-corrected chi connectivity index (χ0v) is 13.1. The van der Waals surface area contributed by atoms with E-state index in [0.29, 0.717) is 16.9 Å². The average molecular weight is 327 g/mol. The van der Waals surface area contributed by atoms with Gasteiger partial charge in [-0.25, -0.2) is 0 Å². The number of nitro groups is 1. The van der Waals surface area contributed by atoms with Crippen LogP contribution in [0.1, 0.15) is 11.1 Å². The number of aromatic nitrogens is 2. The number of hydrogen-bond donors (Lipinski definition) is 0. The fraction of sp³-hybridized carbons (Fsp3) is 0.125. The molecule has 0 amide bonds. The quantitative estimate of drug-likeness (QED) is 0.396. The van der Waals surface area contributed by atoms with E-state index in [1.807, 2.05) is 37.3 Å². The van der Waals surface area contributed by atoms with Crippen molar-refractivity contribution >= 4 is 17.4 Å². The zero-order chi connectivity index (χ0) is 16.2. The third-order valence-electron chi connectivity index (χ3n) is 3.16. The number of nitro benzene ring substituents is 1. The van der Waals surface area contributed by atoms with Crippen molar-refractivity contribution < 1.29 is 9.34 Å². The Morgan fingerprint density at radius 1 is 1.17 bits per heavy atom. The second-order valence-corrected chi connectivity index (χ2v) is 5.88. The van der Waals surface area contributed by atoms with Gasteiger partial charge in [0.25, 0.3) is 10.9 Å². The molecule has 0 saturated heterocycles. The maximum Gasteiger partial charge on any atom is 0.277 e. The highest BCUT2D eigenvalue weighted by Gasteiger charge is 2.11. The number of nitrogens with zero attached hydrogens (tertiary/aromatic N) is 3. The van der Waals surface area contributed by atoms with Gasteiger partial charge in [0.15, 0.2) is 0 Å². The minimum Gasteiger partial charge on any atom is -0.411 e. The predicted molar refractivity (Wildman–Crippen MR) is 87.1 cm³/mol. The van der Waals surface area contributed by atoms with Gasteiger partial charge < -0.3 is 4.42 Å². The molecule has 1 heterocycles. The van der Waals surface area contributed by atoms with Crippen molar-refractivity contribution in [2.24, 2.45) is 0 Å². The van der Waals surface area contributed by atoms with Gasteiger partial charge in [-0.15, -0.1) is 10.2 Å². The fourth-order valence-electron chi connectivity index (χ4n) is 2.07. The molecule has 116 valence electrons. The second-order valence-electron chi connectivity index (χ2n) is 4.96. The van der Waals surface area contributed by atoms with Gasteiger partial charge >= 0.3 is 0 Å². The Kier molecular flexibility index (Phi) is 4.38. The Morgan fingerprint density at radius 2 is 2.00 bits per heavy atom. The minimum atomic E-state index is -0.406. The summed E-state index contributed by atoms with van der Waals surface area (Å²) in [7, 11) is 0. The molecule has 0 unspecified atom stereocenters. The molecule has 0 aliphatic rings. The van der Waals surface area contributed by atoms with Crippen LogP contribution in [0.15, 0.2) is 58.2 Å². The smallest absolute Gasteiger partial charge is 0.277 e. The third kappa shape index (κ3) is 3.75. The highest BCUT2D eigenvalue weighted by Crippen LogP contribution is 2.27. The van der Waals surface area contributed by atoms with Gasteiger partial charge in [0.2, 0.25) is 5.89 Å². The average Bonchev–Trinajstić information content (AvgIpc) is 3.02. The summed E-state index contributed by atoms with van der Waals surface area (Å²) in [6.07, 6.45) is 0. The van der Waals surface area contributed by atoms with E-state index >= 15 is 0 Å². The SMILES string of the molecule is Cc1cccc(-c2nnc(SCc3cccc([N+](=O)[O-])c3)o2)c1. The van der Waals surface area contributed by atoms with E-state index in [1.165, 1.54) is 17.8 Å². The Morgan fingerprint density at radius 3 is 2.78 bits per heavy atom. The molecule has 0 atom stereocenters. The predicted octanol–water partition coefficient (Wildman–Crippen LogP) is 4.25. The number of aryl methyl sites for hydroxylation is 1. The van der Waals surface area contributed by atoms with E-state index in [9.17, 15) is 10.1 Å². The summed E-state index contributed by atoms with van der Waals surface area (Å²) in [6.45, 7) is 2.00. The molecular weight excluding hydrogens is 314 g/mol. The van der Waals surface area contributed by atoms with Crippen molar-refractivity contribution in [3.05, 3.63) is 69.8 Å². The summed E-state index contributed by atoms with van der Waals surface area (Å²) < 4.78 is 5.63. The van der Waals surface area contributed by atoms with Gasteiger partial charge in [0.05, 0.1) is 4.92 Å². The highest BCUT2D eigenvalue weighted by atomic mass is 32.2. The molecule has 2 aromatic carbocycles. The molecule has 3 aromatic rings. The first kappa shape index (κ1) is 15.2. The number of rotatable bonds is 5. The lowest BCUT2D eigenvalue weighted by Crippen LogP contribution is -1.89. The van der Waals surface area contributed by atoms with E-state index in [2.05, 4.69) is 10.2 Å². The van der Waals surface area contributed by atoms with Crippen LogP contribution in [0.4, 0.5) is 5.69 Å². The monoisotopic (exact) mass is 327 g/mol. The van der Waals surface area contributed by atoms with Crippen molar-refractivity contribution in [3.63, 3.8) is 0 Å². The van der Waals surface area contributed by atoms with Crippen LogP contribution in [0, 0.1) is 17.0 Å². The maximum absolute atomic E-state index is 10.8. The summed E-state index contributed by atoms with van der Waals surface area (Å²) in [4.78, 5) is 10.4. The molecule has 6 nitrogen and oxygen atoms in total. The van der Waals surface area contributed by atoms with Crippen LogP contribution < -0.4 is 0 Å². The largest absolute Gasteiger partial charge is 0.411 e. The van der Waals surface area contributed by atoms with Gasteiger partial charge in [0.1, 0.15) is 0 Å². The molecule has 0 aliphatic carbocycles. The van der Waals surface area contributed by atoms with Gasteiger partial charge in [-0.2, -0.15) is 0 Å². The molecule has 3 rings (SSSR count). The van der Waals surface area contributed by atoms with E-state index in [-0.39, 0.29) is 5.69 Å². The first-order chi connectivity index (χ1) is 11.1. The molecule has 0 saturated carbocycles. The number of benzene rings is 2. The van der Waals surface area contributed by atoms with Crippen molar-refractivity contribution in [1.29, 1.82) is 0 Å². The number of thioether (sulfide) groups is 1. The lowest BCUT2D eigenvalue weighted by molar-refractivity contribution is -0.384. The Bertz CT molecular complexity index is 848. The Labute approximate surface area is 136 Å². The van der Waals surface area contributed by atoms with Gasteiger partial charge in [0, 0.05) is 23.4 Å². The molecule has 0 spiro atoms. The van der Waals surface area contributed by atoms with Crippen LogP contribution in [0.3, 0.4) is 0 Å². The molecule has 0 N–H and O–H groups in total. The molecule has 23 heavy (non-hydrogen) atoms. The van der Waals surface area contributed by atoms with Gasteiger partial charge in [-0.05, 0) is 24.6 Å². The van der Waals surface area contributed by atoms with Gasteiger partial charge in [-0.3, -0.25) is 10.1 Å². The molecular formula is C16H13N3O3S. The van der Waals surface area contributed by atoms with Crippen molar-refractivity contribution in [3.8, 4) is 11.5 Å². The van der Waals surface area contributed by atoms with Crippen LogP contribution in [0.2, 0.25) is 0 Å². The summed E-state index contributed by atoms with van der Waals surface area (Å²) in [5.41, 5.74) is 2.90. The third-order valence-corrected chi connectivity index (χ3v) is 4.04. The van der Waals surface area contributed by atoms with Crippen LogP contribution in [0.5, 0.6) is 0 Å². The molecule has 7 heteroatoms. The Balaban J connectivity index is 1.70. The lowest BCUT2D eigenvalue weighted by Gasteiger charge is -1.98. The fourth-order valence-corrected chi connectivity index (χ4v) is 2.77. The molecule has 0 aliphatic heterocycles. The molecule has 1 aromatic heterocycles. The van der Waals surface area contributed by atoms with Crippen LogP contribution >= 0.6 is 11.8 Å². The van der Waals surface area contributed by atoms with Crippen molar-refractivity contribution in [2.45, 2.75) is 17.9 Å². The lowest BCUT2D eigenvalue weighted by atomic mass is 10.1. The highest BCUT2D eigenvalue weighted by molar-refractivity contribution is 7.98. The summed E-state index contributed by atoms with van der Waals surface area (Å²) in [6, 6.07) is 14.3. The summed E-state index contributed by atoms with van der Waals surface area (Å²) >= 11 is 1.35. The van der Waals surface area contributed by atoms with E-state index in [0.717, 1.165) is 16.7 Å². The van der Waals surface area contributed by atoms with Crippen LogP contribution in [-0.2, 0) is 5.75 Å². The van der Waals surface area contributed by atoms with E-state index in [4.69, 9.17) is 4.42 Å². The molecule has 0 fully saturated rings. The number of hydrogen-bond acceptors (Lipinski definition) is 6. The molecule has 0 radical (unpaired) electrons. The van der Waals surface area contributed by atoms with Crippen LogP contribution in [0.25, 0.3) is 11.5 Å². The summed E-state index contributed by atoms with van der Waals surface area (Å²) in [5.74, 6) is 0.993. The standard InChI is InChI=1S/C16H13N3O3S/c1-11-4-2-6-13(8-11)15-17-18-16(22-15)23-10-12-5-3-7-14(9-12)19(20)21/h2-9H,10H2,1H3. The topological polar surface area (TPSA) is 82.1 Å². The zero-order valence-electron chi connectivity index (χ0n) is 12.3. The minimum absolute atomic E-state index is 0.0779. The first-order valence-electron chi connectivity index (χ1n) is 6.88. The van der Waals surface area contributed by atoms with E-state index < -0.39 is 4.92 Å². The van der Waals surface area contributed by atoms with E-state index in [1.54, 1.807) is 12.1 Å². The Hall–Kier alpha value is -2.67. The summed E-state index contributed by atoms with van der Waals surface area (Å²) in [5, 5.41) is 19.3. The maximum atomic E-state index is 10.8. The first-order valence-corrected chi connectivity index (χ1v) is 7.87. The molecule has 0 bridgehead atoms. The van der Waals surface area contributed by atoms with Gasteiger partial charge in [-0.1, -0.05) is 41.6 Å². The normalized spacial score (nSPS) is 10.7. The second kappa shape index (κ2) is 6.62. The number of non-ortho nitro benzene ring substituents is 1. The van der Waals surface area contributed by atoms with Crippen molar-refractivity contribution in [1.82, 2.24) is 10.2 Å².